The molecule has 3 unspecified atom stereocenters. The second kappa shape index (κ2) is 5.17. The largest absolute Gasteiger partial charge is 0.365 e. The van der Waals surface area contributed by atoms with Crippen molar-refractivity contribution >= 4 is 5.78 Å². The first-order valence-corrected chi connectivity index (χ1v) is 8.07. The van der Waals surface area contributed by atoms with Gasteiger partial charge in [-0.2, -0.15) is 0 Å². The fourth-order valence-electron chi connectivity index (χ4n) is 4.70. The van der Waals surface area contributed by atoms with Gasteiger partial charge in [0, 0.05) is 24.7 Å². The van der Waals surface area contributed by atoms with Crippen LogP contribution in [0.3, 0.4) is 0 Å². The second-order valence-corrected chi connectivity index (χ2v) is 6.72. The molecular formula is C16H26O3. The molecular weight excluding hydrogens is 240 g/mol. The fraction of sp³-hybridized carbons (Fsp3) is 0.938. The maximum absolute atomic E-state index is 12.1. The molecule has 0 amide bonds. The van der Waals surface area contributed by atoms with Crippen LogP contribution < -0.4 is 0 Å². The van der Waals surface area contributed by atoms with Gasteiger partial charge in [0.05, 0.1) is 6.10 Å². The molecule has 3 heteroatoms. The average molecular weight is 266 g/mol. The maximum atomic E-state index is 12.1. The molecule has 1 aliphatic heterocycles. The van der Waals surface area contributed by atoms with Crippen LogP contribution in [-0.4, -0.2) is 22.8 Å². The third-order valence-corrected chi connectivity index (χ3v) is 5.58. The van der Waals surface area contributed by atoms with Gasteiger partial charge in [-0.1, -0.05) is 13.3 Å². The van der Waals surface area contributed by atoms with Crippen molar-refractivity contribution in [2.75, 3.05) is 0 Å². The van der Waals surface area contributed by atoms with Crippen molar-refractivity contribution < 1.29 is 14.6 Å². The minimum atomic E-state index is -0.934. The Labute approximate surface area is 115 Å². The van der Waals surface area contributed by atoms with Gasteiger partial charge in [0.1, 0.15) is 5.78 Å². The molecule has 3 fully saturated rings. The van der Waals surface area contributed by atoms with Crippen LogP contribution >= 0.6 is 0 Å². The first-order valence-electron chi connectivity index (χ1n) is 8.07. The molecule has 1 N–H and O–H groups in total. The second-order valence-electron chi connectivity index (χ2n) is 6.72. The Morgan fingerprint density at radius 2 is 2.16 bits per heavy atom. The van der Waals surface area contributed by atoms with Crippen molar-refractivity contribution in [2.45, 2.75) is 76.6 Å². The van der Waals surface area contributed by atoms with E-state index in [1.165, 1.54) is 0 Å². The number of hydrogen-bond donors (Lipinski definition) is 1. The van der Waals surface area contributed by atoms with Gasteiger partial charge < -0.3 is 9.84 Å². The molecule has 0 aromatic carbocycles. The summed E-state index contributed by atoms with van der Waals surface area (Å²) in [4.78, 5) is 12.1. The van der Waals surface area contributed by atoms with Gasteiger partial charge in [-0.05, 0) is 44.4 Å². The van der Waals surface area contributed by atoms with Crippen LogP contribution in [0.5, 0.6) is 0 Å². The summed E-state index contributed by atoms with van der Waals surface area (Å²) in [6.45, 7) is 2.16. The first-order chi connectivity index (χ1) is 9.14. The third-order valence-electron chi connectivity index (χ3n) is 5.58. The van der Waals surface area contributed by atoms with E-state index < -0.39 is 5.79 Å². The molecule has 108 valence electrons. The summed E-state index contributed by atoms with van der Waals surface area (Å²) in [5.41, 5.74) is 0. The quantitative estimate of drug-likeness (QED) is 0.835. The highest BCUT2D eigenvalue weighted by atomic mass is 16.6. The Bertz CT molecular complexity index is 354. The lowest BCUT2D eigenvalue weighted by molar-refractivity contribution is -0.311. The van der Waals surface area contributed by atoms with Crippen LogP contribution in [0.2, 0.25) is 0 Å². The fourth-order valence-corrected chi connectivity index (χ4v) is 4.70. The number of carbonyl (C=O) groups is 1. The monoisotopic (exact) mass is 266 g/mol. The van der Waals surface area contributed by atoms with Crippen molar-refractivity contribution in [3.8, 4) is 0 Å². The van der Waals surface area contributed by atoms with Gasteiger partial charge in [0.2, 0.25) is 0 Å². The summed E-state index contributed by atoms with van der Waals surface area (Å²) >= 11 is 0. The Morgan fingerprint density at radius 3 is 2.95 bits per heavy atom. The summed E-state index contributed by atoms with van der Waals surface area (Å²) in [6.07, 6.45) is 8.82. The van der Waals surface area contributed by atoms with E-state index in [2.05, 4.69) is 6.92 Å². The minimum Gasteiger partial charge on any atom is -0.365 e. The summed E-state index contributed by atoms with van der Waals surface area (Å²) in [5, 5.41) is 10.9. The number of hydrogen-bond acceptors (Lipinski definition) is 3. The molecule has 1 heterocycles. The molecule has 0 aromatic rings. The van der Waals surface area contributed by atoms with E-state index in [0.717, 1.165) is 51.4 Å². The summed E-state index contributed by atoms with van der Waals surface area (Å²) in [6, 6.07) is 0. The van der Waals surface area contributed by atoms with E-state index in [4.69, 9.17) is 4.74 Å². The Hall–Kier alpha value is -0.410. The number of aliphatic hydroxyl groups is 1. The number of rotatable bonds is 2. The summed E-state index contributed by atoms with van der Waals surface area (Å²) in [5.74, 6) is 0.294. The molecule has 3 nitrogen and oxygen atoms in total. The highest BCUT2D eigenvalue weighted by molar-refractivity contribution is 5.82. The van der Waals surface area contributed by atoms with E-state index in [0.29, 0.717) is 18.1 Å². The number of fused-ring (bicyclic) bond motifs is 3. The van der Waals surface area contributed by atoms with Crippen LogP contribution in [0.25, 0.3) is 0 Å². The summed E-state index contributed by atoms with van der Waals surface area (Å²) in [7, 11) is 0. The molecule has 5 atom stereocenters. The van der Waals surface area contributed by atoms with Gasteiger partial charge in [-0.3, -0.25) is 4.79 Å². The molecule has 2 saturated carbocycles. The SMILES string of the molecule is CCCC1CC[C@@H]2C3CCCC(=O)C3CC[C@]2(O)O1. The normalized spacial score (nSPS) is 46.5. The van der Waals surface area contributed by atoms with E-state index in [-0.39, 0.29) is 17.9 Å². The van der Waals surface area contributed by atoms with Gasteiger partial charge in [0.15, 0.2) is 5.79 Å². The number of ether oxygens (including phenoxy) is 1. The zero-order chi connectivity index (χ0) is 13.5. The molecule has 0 aromatic heterocycles. The van der Waals surface area contributed by atoms with Crippen LogP contribution in [-0.2, 0) is 9.53 Å². The van der Waals surface area contributed by atoms with Crippen molar-refractivity contribution in [2.24, 2.45) is 17.8 Å². The maximum Gasteiger partial charge on any atom is 0.168 e. The minimum absolute atomic E-state index is 0.198. The lowest BCUT2D eigenvalue weighted by Gasteiger charge is -2.53. The Morgan fingerprint density at radius 1 is 1.32 bits per heavy atom. The van der Waals surface area contributed by atoms with Crippen molar-refractivity contribution in [3.05, 3.63) is 0 Å². The van der Waals surface area contributed by atoms with Gasteiger partial charge >= 0.3 is 0 Å². The van der Waals surface area contributed by atoms with Crippen molar-refractivity contribution in [1.29, 1.82) is 0 Å². The van der Waals surface area contributed by atoms with Gasteiger partial charge in [-0.25, -0.2) is 0 Å². The van der Waals surface area contributed by atoms with E-state index in [1.807, 2.05) is 0 Å². The van der Waals surface area contributed by atoms with Gasteiger partial charge in [-0.15, -0.1) is 0 Å². The van der Waals surface area contributed by atoms with Crippen molar-refractivity contribution in [1.82, 2.24) is 0 Å². The Balaban J connectivity index is 1.76. The predicted octanol–water partition coefficient (Wildman–Crippen LogP) is 3.05. The van der Waals surface area contributed by atoms with Crippen LogP contribution in [0.1, 0.15) is 64.7 Å². The topological polar surface area (TPSA) is 46.5 Å². The van der Waals surface area contributed by atoms with E-state index in [9.17, 15) is 9.90 Å². The van der Waals surface area contributed by atoms with Crippen LogP contribution in [0.4, 0.5) is 0 Å². The lowest BCUT2D eigenvalue weighted by atomic mass is 9.60. The smallest absolute Gasteiger partial charge is 0.168 e. The van der Waals surface area contributed by atoms with E-state index >= 15 is 0 Å². The Kier molecular flexibility index (Phi) is 3.69. The number of ketones is 1. The molecule has 2 aliphatic carbocycles. The zero-order valence-corrected chi connectivity index (χ0v) is 11.9. The standard InChI is InChI=1S/C16H26O3/c1-2-4-11-7-8-14-12-5-3-6-15(17)13(12)9-10-16(14,18)19-11/h11-14,18H,2-10H2,1H3/t11?,12?,13?,14-,16+/m1/s1. The third kappa shape index (κ3) is 2.36. The predicted molar refractivity (Wildman–Crippen MR) is 72.5 cm³/mol. The zero-order valence-electron chi connectivity index (χ0n) is 11.9. The molecule has 19 heavy (non-hydrogen) atoms. The lowest BCUT2D eigenvalue weighted by Crippen LogP contribution is -2.56. The summed E-state index contributed by atoms with van der Waals surface area (Å²) < 4.78 is 6.05. The molecule has 3 rings (SSSR count). The molecule has 0 radical (unpaired) electrons. The number of carbonyl (C=O) groups excluding carboxylic acids is 1. The molecule has 0 spiro atoms. The van der Waals surface area contributed by atoms with Crippen molar-refractivity contribution in [3.63, 3.8) is 0 Å². The molecule has 0 bridgehead atoms. The van der Waals surface area contributed by atoms with Crippen LogP contribution in [0, 0.1) is 17.8 Å². The average Bonchev–Trinajstić information content (AvgIpc) is 2.38. The molecule has 1 saturated heterocycles. The van der Waals surface area contributed by atoms with Gasteiger partial charge in [0.25, 0.3) is 0 Å². The highest BCUT2D eigenvalue weighted by Gasteiger charge is 2.54. The van der Waals surface area contributed by atoms with Crippen LogP contribution in [0.15, 0.2) is 0 Å². The number of Topliss-reactive ketones (excluding diaryl/α,β-unsaturated/α-hetero) is 1. The van der Waals surface area contributed by atoms with E-state index in [1.54, 1.807) is 0 Å². The first kappa shape index (κ1) is 13.6. The highest BCUT2D eigenvalue weighted by Crippen LogP contribution is 2.52. The molecule has 3 aliphatic rings.